The summed E-state index contributed by atoms with van der Waals surface area (Å²) in [6, 6.07) is 8.79. The van der Waals surface area contributed by atoms with Gasteiger partial charge in [0.1, 0.15) is 0 Å². The number of fused-ring (bicyclic) bond motifs is 2. The third-order valence-electron chi connectivity index (χ3n) is 4.44. The number of nitrogens with zero attached hydrogens (tertiary/aromatic N) is 1. The summed E-state index contributed by atoms with van der Waals surface area (Å²) in [7, 11) is 1.46. The van der Waals surface area contributed by atoms with Crippen LogP contribution in [0.1, 0.15) is 25.7 Å². The molecular formula is C15H21N3O2. The number of nitrogen functional groups attached to an aromatic ring is 1. The molecule has 1 aromatic carbocycles. The Balaban J connectivity index is 1.69. The molecule has 1 amide bonds. The molecule has 0 radical (unpaired) electrons. The second-order valence-corrected chi connectivity index (χ2v) is 5.66. The van der Waals surface area contributed by atoms with Gasteiger partial charge in [-0.05, 0) is 37.8 Å². The van der Waals surface area contributed by atoms with Crippen molar-refractivity contribution in [2.75, 3.05) is 18.2 Å². The van der Waals surface area contributed by atoms with E-state index < -0.39 is 0 Å². The van der Waals surface area contributed by atoms with Crippen molar-refractivity contribution in [3.05, 3.63) is 24.3 Å². The summed E-state index contributed by atoms with van der Waals surface area (Å²) in [6.07, 6.45) is 3.87. The SMILES string of the molecule is COC(=O)N1[C@@H]2CC[C@H]1C[C@H](Nc1ccccc1N)C2. The van der Waals surface area contributed by atoms with Crippen LogP contribution in [0.5, 0.6) is 0 Å². The minimum absolute atomic E-state index is 0.185. The van der Waals surface area contributed by atoms with Gasteiger partial charge in [0.15, 0.2) is 0 Å². The van der Waals surface area contributed by atoms with E-state index in [9.17, 15) is 4.79 Å². The van der Waals surface area contributed by atoms with Crippen LogP contribution in [0.2, 0.25) is 0 Å². The number of hydrogen-bond acceptors (Lipinski definition) is 4. The number of amides is 1. The van der Waals surface area contributed by atoms with E-state index in [1.807, 2.05) is 29.2 Å². The van der Waals surface area contributed by atoms with Crippen LogP contribution in [-0.4, -0.2) is 36.2 Å². The highest BCUT2D eigenvalue weighted by Crippen LogP contribution is 2.37. The van der Waals surface area contributed by atoms with Crippen molar-refractivity contribution in [1.29, 1.82) is 0 Å². The predicted octanol–water partition coefficient (Wildman–Crippen LogP) is 2.44. The topological polar surface area (TPSA) is 67.6 Å². The first-order valence-electron chi connectivity index (χ1n) is 7.16. The first-order chi connectivity index (χ1) is 9.69. The molecule has 3 N–H and O–H groups in total. The molecule has 3 atom stereocenters. The number of methoxy groups -OCH3 is 1. The fourth-order valence-electron chi connectivity index (χ4n) is 3.55. The van der Waals surface area contributed by atoms with Crippen molar-refractivity contribution in [1.82, 2.24) is 4.90 Å². The smallest absolute Gasteiger partial charge is 0.409 e. The van der Waals surface area contributed by atoms with E-state index in [4.69, 9.17) is 10.5 Å². The number of piperidine rings is 1. The van der Waals surface area contributed by atoms with Gasteiger partial charge in [0.05, 0.1) is 18.5 Å². The molecule has 5 nitrogen and oxygen atoms in total. The first-order valence-corrected chi connectivity index (χ1v) is 7.16. The molecule has 2 saturated heterocycles. The standard InChI is InChI=1S/C15H21N3O2/c1-20-15(19)18-11-6-7-12(18)9-10(8-11)17-14-5-3-2-4-13(14)16/h2-5,10-12,17H,6-9,16H2,1H3/t10-,11-,12+. The number of nitrogens with two attached hydrogens (primary N) is 1. The van der Waals surface area contributed by atoms with Crippen molar-refractivity contribution in [3.63, 3.8) is 0 Å². The monoisotopic (exact) mass is 275 g/mol. The van der Waals surface area contributed by atoms with Crippen molar-refractivity contribution in [3.8, 4) is 0 Å². The maximum absolute atomic E-state index is 11.8. The zero-order valence-electron chi connectivity index (χ0n) is 11.7. The highest BCUT2D eigenvalue weighted by Gasteiger charge is 2.43. The summed E-state index contributed by atoms with van der Waals surface area (Å²) in [6.45, 7) is 0. The number of anilines is 2. The fourth-order valence-corrected chi connectivity index (χ4v) is 3.55. The first kappa shape index (κ1) is 13.1. The summed E-state index contributed by atoms with van der Waals surface area (Å²) in [5.41, 5.74) is 7.74. The number of rotatable bonds is 2. The van der Waals surface area contributed by atoms with Crippen LogP contribution < -0.4 is 11.1 Å². The van der Waals surface area contributed by atoms with Gasteiger partial charge in [0.2, 0.25) is 0 Å². The van der Waals surface area contributed by atoms with Crippen LogP contribution >= 0.6 is 0 Å². The molecule has 108 valence electrons. The Morgan fingerprint density at radius 3 is 2.55 bits per heavy atom. The van der Waals surface area contributed by atoms with E-state index in [-0.39, 0.29) is 6.09 Å². The lowest BCUT2D eigenvalue weighted by molar-refractivity contribution is 0.0833. The minimum atomic E-state index is -0.185. The zero-order valence-corrected chi connectivity index (χ0v) is 11.7. The predicted molar refractivity (Wildman–Crippen MR) is 78.6 cm³/mol. The lowest BCUT2D eigenvalue weighted by Gasteiger charge is -2.38. The van der Waals surface area contributed by atoms with Crippen molar-refractivity contribution >= 4 is 17.5 Å². The number of carbonyl (C=O) groups excluding carboxylic acids is 1. The number of para-hydroxylation sites is 2. The molecule has 0 aromatic heterocycles. The molecule has 1 aromatic rings. The van der Waals surface area contributed by atoms with Crippen LogP contribution in [-0.2, 0) is 4.74 Å². The normalized spacial score (nSPS) is 28.2. The lowest BCUT2D eigenvalue weighted by Crippen LogP contribution is -2.49. The molecule has 2 bridgehead atoms. The third-order valence-corrected chi connectivity index (χ3v) is 4.44. The summed E-state index contributed by atoms with van der Waals surface area (Å²) < 4.78 is 4.89. The molecular weight excluding hydrogens is 254 g/mol. The Kier molecular flexibility index (Phi) is 3.42. The molecule has 2 fully saturated rings. The molecule has 3 rings (SSSR count). The molecule has 2 aliphatic rings. The van der Waals surface area contributed by atoms with E-state index in [0.717, 1.165) is 37.1 Å². The Morgan fingerprint density at radius 2 is 1.95 bits per heavy atom. The molecule has 0 unspecified atom stereocenters. The van der Waals surface area contributed by atoms with Gasteiger partial charge >= 0.3 is 6.09 Å². The average molecular weight is 275 g/mol. The Morgan fingerprint density at radius 1 is 1.30 bits per heavy atom. The summed E-state index contributed by atoms with van der Waals surface area (Å²) in [5, 5.41) is 3.52. The van der Waals surface area contributed by atoms with E-state index >= 15 is 0 Å². The third kappa shape index (κ3) is 2.28. The molecule has 2 heterocycles. The number of ether oxygens (including phenoxy) is 1. The molecule has 5 heteroatoms. The maximum atomic E-state index is 11.8. The van der Waals surface area contributed by atoms with Crippen LogP contribution in [0.4, 0.5) is 16.2 Å². The van der Waals surface area contributed by atoms with E-state index in [1.165, 1.54) is 7.11 Å². The molecule has 0 spiro atoms. The van der Waals surface area contributed by atoms with Gasteiger partial charge in [-0.3, -0.25) is 0 Å². The van der Waals surface area contributed by atoms with Crippen molar-refractivity contribution < 1.29 is 9.53 Å². The number of nitrogens with one attached hydrogen (secondary N) is 1. The van der Waals surface area contributed by atoms with Crippen LogP contribution in [0, 0.1) is 0 Å². The molecule has 20 heavy (non-hydrogen) atoms. The molecule has 2 aliphatic heterocycles. The van der Waals surface area contributed by atoms with E-state index in [2.05, 4.69) is 5.32 Å². The zero-order chi connectivity index (χ0) is 14.1. The average Bonchev–Trinajstić information content (AvgIpc) is 2.72. The van der Waals surface area contributed by atoms with Crippen LogP contribution in [0.15, 0.2) is 24.3 Å². The number of hydrogen-bond donors (Lipinski definition) is 2. The quantitative estimate of drug-likeness (QED) is 0.813. The minimum Gasteiger partial charge on any atom is -0.453 e. The van der Waals surface area contributed by atoms with Gasteiger partial charge in [-0.15, -0.1) is 0 Å². The summed E-state index contributed by atoms with van der Waals surface area (Å²) in [5.74, 6) is 0. The van der Waals surface area contributed by atoms with Gasteiger partial charge in [-0.2, -0.15) is 0 Å². The lowest BCUT2D eigenvalue weighted by atomic mass is 9.97. The molecule has 0 saturated carbocycles. The van der Waals surface area contributed by atoms with Gasteiger partial charge in [-0.1, -0.05) is 12.1 Å². The molecule has 0 aliphatic carbocycles. The Bertz CT molecular complexity index is 492. The Labute approximate surface area is 119 Å². The Hall–Kier alpha value is -1.91. The summed E-state index contributed by atoms with van der Waals surface area (Å²) in [4.78, 5) is 13.7. The van der Waals surface area contributed by atoms with Crippen LogP contribution in [0.3, 0.4) is 0 Å². The highest BCUT2D eigenvalue weighted by molar-refractivity contribution is 5.69. The number of benzene rings is 1. The van der Waals surface area contributed by atoms with Crippen LogP contribution in [0.25, 0.3) is 0 Å². The number of carbonyl (C=O) groups is 1. The van der Waals surface area contributed by atoms with E-state index in [0.29, 0.717) is 18.1 Å². The largest absolute Gasteiger partial charge is 0.453 e. The second-order valence-electron chi connectivity index (χ2n) is 5.66. The highest BCUT2D eigenvalue weighted by atomic mass is 16.5. The van der Waals surface area contributed by atoms with Gasteiger partial charge in [0, 0.05) is 18.1 Å². The van der Waals surface area contributed by atoms with Crippen molar-refractivity contribution in [2.45, 2.75) is 43.8 Å². The van der Waals surface area contributed by atoms with Gasteiger partial charge in [0.25, 0.3) is 0 Å². The maximum Gasteiger partial charge on any atom is 0.409 e. The fraction of sp³-hybridized carbons (Fsp3) is 0.533. The van der Waals surface area contributed by atoms with Gasteiger partial charge in [-0.25, -0.2) is 4.79 Å². The summed E-state index contributed by atoms with van der Waals surface area (Å²) >= 11 is 0. The second kappa shape index (κ2) is 5.23. The van der Waals surface area contributed by atoms with Gasteiger partial charge < -0.3 is 20.7 Å². The van der Waals surface area contributed by atoms with Crippen molar-refractivity contribution in [2.24, 2.45) is 0 Å². The van der Waals surface area contributed by atoms with E-state index in [1.54, 1.807) is 0 Å².